The standard InChI is InChI=1S/C37H43N3O6S/c1-27(2)24-38-37(42)34(23-29-14-7-6-8-15-29)39(25-30-16-10-9-13-28(30)3)36(41)26-40(33-17-11-12-18-35(33)46-5)47(43,44)32-21-19-31(45-4)20-22-32/h6-22,27,34H,23-26H2,1-5H3,(H,38,42)/t34-/m1/s1. The molecule has 0 aliphatic carbocycles. The number of carbonyl (C=O) groups is 2. The zero-order valence-corrected chi connectivity index (χ0v) is 28.4. The molecule has 0 spiro atoms. The van der Waals surface area contributed by atoms with Gasteiger partial charge in [0.25, 0.3) is 10.0 Å². The van der Waals surface area contributed by atoms with Crippen molar-refractivity contribution < 1.29 is 27.5 Å². The topological polar surface area (TPSA) is 105 Å². The number of benzene rings is 4. The normalized spacial score (nSPS) is 11.9. The molecular weight excluding hydrogens is 614 g/mol. The number of nitrogens with one attached hydrogen (secondary N) is 1. The van der Waals surface area contributed by atoms with Gasteiger partial charge in [0.2, 0.25) is 11.8 Å². The third-order valence-electron chi connectivity index (χ3n) is 7.84. The SMILES string of the molecule is COc1ccc(S(=O)(=O)N(CC(=O)N(Cc2ccccc2C)[C@H](Cc2ccccc2)C(=O)NCC(C)C)c2ccccc2OC)cc1. The number of anilines is 1. The number of sulfonamides is 1. The van der Waals surface area contributed by atoms with Crippen molar-refractivity contribution in [3.63, 3.8) is 0 Å². The molecule has 9 nitrogen and oxygen atoms in total. The Morgan fingerprint density at radius 3 is 2.09 bits per heavy atom. The van der Waals surface area contributed by atoms with Crippen LogP contribution in [0.1, 0.15) is 30.5 Å². The van der Waals surface area contributed by atoms with Gasteiger partial charge in [-0.3, -0.25) is 13.9 Å². The maximum Gasteiger partial charge on any atom is 0.264 e. The molecule has 4 aromatic rings. The van der Waals surface area contributed by atoms with E-state index in [1.165, 1.54) is 31.3 Å². The van der Waals surface area contributed by atoms with Crippen molar-refractivity contribution in [3.05, 3.63) is 120 Å². The Kier molecular flexibility index (Phi) is 12.0. The number of amides is 2. The van der Waals surface area contributed by atoms with Gasteiger partial charge in [0.05, 0.1) is 24.8 Å². The summed E-state index contributed by atoms with van der Waals surface area (Å²) in [6.45, 7) is 5.88. The van der Waals surface area contributed by atoms with Crippen LogP contribution >= 0.6 is 0 Å². The number of ether oxygens (including phenoxy) is 2. The summed E-state index contributed by atoms with van der Waals surface area (Å²) in [5, 5.41) is 3.01. The van der Waals surface area contributed by atoms with Crippen molar-refractivity contribution in [2.75, 3.05) is 31.6 Å². The predicted molar refractivity (Wildman–Crippen MR) is 184 cm³/mol. The molecule has 10 heteroatoms. The predicted octanol–water partition coefficient (Wildman–Crippen LogP) is 5.62. The zero-order valence-electron chi connectivity index (χ0n) is 27.6. The highest BCUT2D eigenvalue weighted by Crippen LogP contribution is 2.33. The Balaban J connectivity index is 1.83. The second-order valence-electron chi connectivity index (χ2n) is 11.7. The molecule has 0 aromatic heterocycles. The van der Waals surface area contributed by atoms with E-state index in [4.69, 9.17) is 9.47 Å². The minimum atomic E-state index is -4.30. The minimum absolute atomic E-state index is 0.0297. The van der Waals surface area contributed by atoms with Crippen LogP contribution in [0, 0.1) is 12.8 Å². The highest BCUT2D eigenvalue weighted by atomic mass is 32.2. The van der Waals surface area contributed by atoms with Gasteiger partial charge in [0, 0.05) is 19.5 Å². The van der Waals surface area contributed by atoms with Crippen LogP contribution in [0.2, 0.25) is 0 Å². The molecule has 248 valence electrons. The molecule has 0 bridgehead atoms. The number of carbonyl (C=O) groups excluding carboxylic acids is 2. The monoisotopic (exact) mass is 657 g/mol. The van der Waals surface area contributed by atoms with Crippen LogP contribution in [-0.2, 0) is 32.6 Å². The fraction of sp³-hybridized carbons (Fsp3) is 0.297. The van der Waals surface area contributed by atoms with E-state index in [1.807, 2.05) is 75.4 Å². The molecule has 0 aliphatic heterocycles. The van der Waals surface area contributed by atoms with E-state index in [1.54, 1.807) is 36.4 Å². The van der Waals surface area contributed by atoms with Crippen LogP contribution in [0.15, 0.2) is 108 Å². The summed E-state index contributed by atoms with van der Waals surface area (Å²) >= 11 is 0. The number of hydrogen-bond acceptors (Lipinski definition) is 6. The number of hydrogen-bond donors (Lipinski definition) is 1. The summed E-state index contributed by atoms with van der Waals surface area (Å²) in [4.78, 5) is 30.1. The first-order valence-electron chi connectivity index (χ1n) is 15.5. The lowest BCUT2D eigenvalue weighted by Gasteiger charge is -2.34. The van der Waals surface area contributed by atoms with E-state index in [-0.39, 0.29) is 41.1 Å². The lowest BCUT2D eigenvalue weighted by molar-refractivity contribution is -0.140. The Morgan fingerprint density at radius 1 is 0.809 bits per heavy atom. The van der Waals surface area contributed by atoms with Gasteiger partial charge in [-0.2, -0.15) is 0 Å². The van der Waals surface area contributed by atoms with Crippen molar-refractivity contribution >= 4 is 27.5 Å². The summed E-state index contributed by atoms with van der Waals surface area (Å²) in [7, 11) is -1.36. The molecule has 1 atom stereocenters. The van der Waals surface area contributed by atoms with E-state index < -0.39 is 28.5 Å². The third-order valence-corrected chi connectivity index (χ3v) is 9.61. The van der Waals surface area contributed by atoms with E-state index >= 15 is 0 Å². The minimum Gasteiger partial charge on any atom is -0.497 e. The molecule has 0 saturated carbocycles. The molecule has 4 aromatic carbocycles. The third kappa shape index (κ3) is 8.92. The van der Waals surface area contributed by atoms with Crippen molar-refractivity contribution in [3.8, 4) is 11.5 Å². The fourth-order valence-corrected chi connectivity index (χ4v) is 6.60. The van der Waals surface area contributed by atoms with E-state index in [0.717, 1.165) is 21.0 Å². The van der Waals surface area contributed by atoms with E-state index in [0.29, 0.717) is 12.3 Å². The Hall–Kier alpha value is -4.83. The van der Waals surface area contributed by atoms with Crippen LogP contribution in [0.25, 0.3) is 0 Å². The molecule has 0 fully saturated rings. The number of para-hydroxylation sites is 2. The van der Waals surface area contributed by atoms with Crippen molar-refractivity contribution in [2.45, 2.75) is 44.7 Å². The van der Waals surface area contributed by atoms with E-state index in [9.17, 15) is 18.0 Å². The van der Waals surface area contributed by atoms with E-state index in [2.05, 4.69) is 5.32 Å². The first-order valence-corrected chi connectivity index (χ1v) is 16.9. The largest absolute Gasteiger partial charge is 0.497 e. The number of rotatable bonds is 15. The van der Waals surface area contributed by atoms with Crippen molar-refractivity contribution in [1.29, 1.82) is 0 Å². The molecule has 4 rings (SSSR count). The van der Waals surface area contributed by atoms with Crippen molar-refractivity contribution in [2.24, 2.45) is 5.92 Å². The molecule has 0 aliphatic rings. The van der Waals surface area contributed by atoms with Crippen LogP contribution in [-0.4, -0.2) is 58.5 Å². The molecule has 0 radical (unpaired) electrons. The highest BCUT2D eigenvalue weighted by Gasteiger charge is 2.35. The smallest absolute Gasteiger partial charge is 0.264 e. The fourth-order valence-electron chi connectivity index (χ4n) is 5.17. The second-order valence-corrected chi connectivity index (χ2v) is 13.5. The summed E-state index contributed by atoms with van der Waals surface area (Å²) < 4.78 is 40.5. The summed E-state index contributed by atoms with van der Waals surface area (Å²) in [6, 6.07) is 28.8. The molecule has 0 unspecified atom stereocenters. The summed E-state index contributed by atoms with van der Waals surface area (Å²) in [6.07, 6.45) is 0.238. The first-order chi connectivity index (χ1) is 22.5. The summed E-state index contributed by atoms with van der Waals surface area (Å²) in [5.74, 6) is 0.0959. The van der Waals surface area contributed by atoms with Crippen LogP contribution in [0.5, 0.6) is 11.5 Å². The van der Waals surface area contributed by atoms with Crippen molar-refractivity contribution in [1.82, 2.24) is 10.2 Å². The quantitative estimate of drug-likeness (QED) is 0.178. The van der Waals surface area contributed by atoms with Crippen LogP contribution in [0.3, 0.4) is 0 Å². The van der Waals surface area contributed by atoms with Gasteiger partial charge >= 0.3 is 0 Å². The molecule has 2 amide bonds. The van der Waals surface area contributed by atoms with Gasteiger partial charge < -0.3 is 19.7 Å². The molecule has 1 N–H and O–H groups in total. The summed E-state index contributed by atoms with van der Waals surface area (Å²) in [5.41, 5.74) is 2.85. The van der Waals surface area contributed by atoms with Gasteiger partial charge in [-0.15, -0.1) is 0 Å². The van der Waals surface area contributed by atoms with Gasteiger partial charge in [-0.25, -0.2) is 8.42 Å². The lowest BCUT2D eigenvalue weighted by atomic mass is 10.0. The second kappa shape index (κ2) is 16.1. The number of methoxy groups -OCH3 is 2. The maximum atomic E-state index is 14.7. The average molecular weight is 658 g/mol. The Morgan fingerprint density at radius 2 is 1.45 bits per heavy atom. The molecule has 0 saturated heterocycles. The Labute approximate surface area is 278 Å². The maximum absolute atomic E-state index is 14.7. The van der Waals surface area contributed by atoms with Gasteiger partial charge in [0.15, 0.2) is 0 Å². The van der Waals surface area contributed by atoms with Crippen LogP contribution < -0.4 is 19.1 Å². The Bertz CT molecular complexity index is 1740. The zero-order chi connectivity index (χ0) is 34.0. The lowest BCUT2D eigenvalue weighted by Crippen LogP contribution is -2.53. The van der Waals surface area contributed by atoms with Crippen LogP contribution in [0.4, 0.5) is 5.69 Å². The van der Waals surface area contributed by atoms with Gasteiger partial charge in [-0.1, -0.05) is 80.6 Å². The molecular formula is C37H43N3O6S. The number of aryl methyl sites for hydroxylation is 1. The van der Waals surface area contributed by atoms with Gasteiger partial charge in [0.1, 0.15) is 24.1 Å². The molecule has 47 heavy (non-hydrogen) atoms. The molecule has 0 heterocycles. The first kappa shape index (κ1) is 35.0. The average Bonchev–Trinajstić information content (AvgIpc) is 3.08. The number of nitrogens with zero attached hydrogens (tertiary/aromatic N) is 2. The highest BCUT2D eigenvalue weighted by molar-refractivity contribution is 7.92. The van der Waals surface area contributed by atoms with Gasteiger partial charge in [-0.05, 0) is 65.9 Å².